The number of carbonyl (C=O) groups is 2. The number of aliphatic imine (C=N–C) groups is 1. The van der Waals surface area contributed by atoms with Crippen molar-refractivity contribution in [3.63, 3.8) is 0 Å². The number of aromatic nitrogens is 1. The van der Waals surface area contributed by atoms with Gasteiger partial charge < -0.3 is 19.9 Å². The number of methoxy groups -OCH3 is 1. The summed E-state index contributed by atoms with van der Waals surface area (Å²) in [4.78, 5) is 35.6. The highest BCUT2D eigenvalue weighted by Gasteiger charge is 2.39. The second-order valence-electron chi connectivity index (χ2n) is 7.70. The maximum atomic E-state index is 14.3. The SMILES string of the molecule is COC(=O)C1=C(CN2CCO[C@H](C)[C@H]2C(=O)O)NC(c2nccs2)=NC1c1cccc(F)c1Cl. The van der Waals surface area contributed by atoms with E-state index in [0.29, 0.717) is 29.7 Å². The number of benzene rings is 1. The zero-order valence-corrected chi connectivity index (χ0v) is 19.9. The number of halogens is 2. The first-order valence-electron chi connectivity index (χ1n) is 10.4. The lowest BCUT2D eigenvalue weighted by Gasteiger charge is -2.38. The number of esters is 1. The van der Waals surface area contributed by atoms with Crippen LogP contribution in [0, 0.1) is 5.82 Å². The van der Waals surface area contributed by atoms with Crippen molar-refractivity contribution in [2.45, 2.75) is 25.1 Å². The molecule has 2 aliphatic heterocycles. The number of rotatable bonds is 6. The highest BCUT2D eigenvalue weighted by Crippen LogP contribution is 2.37. The molecule has 0 spiro atoms. The second-order valence-corrected chi connectivity index (χ2v) is 8.97. The van der Waals surface area contributed by atoms with Crippen LogP contribution < -0.4 is 5.32 Å². The predicted octanol–water partition coefficient (Wildman–Crippen LogP) is 2.63. The molecule has 1 saturated heterocycles. The zero-order chi connectivity index (χ0) is 24.4. The average Bonchev–Trinajstić information content (AvgIpc) is 3.35. The number of carbonyl (C=O) groups excluding carboxylic acids is 1. The lowest BCUT2D eigenvalue weighted by atomic mass is 9.94. The summed E-state index contributed by atoms with van der Waals surface area (Å²) in [6.07, 6.45) is 1.05. The minimum Gasteiger partial charge on any atom is -0.480 e. The van der Waals surface area contributed by atoms with Crippen LogP contribution in [0.1, 0.15) is 23.5 Å². The van der Waals surface area contributed by atoms with Crippen molar-refractivity contribution >= 4 is 40.7 Å². The molecule has 3 atom stereocenters. The fourth-order valence-electron chi connectivity index (χ4n) is 4.10. The molecule has 1 unspecified atom stereocenters. The van der Waals surface area contributed by atoms with Crippen molar-refractivity contribution in [2.75, 3.05) is 26.8 Å². The third kappa shape index (κ3) is 4.69. The van der Waals surface area contributed by atoms with E-state index >= 15 is 0 Å². The third-order valence-corrected chi connectivity index (χ3v) is 6.83. The summed E-state index contributed by atoms with van der Waals surface area (Å²) in [6.45, 7) is 2.41. The maximum Gasteiger partial charge on any atom is 0.338 e. The van der Waals surface area contributed by atoms with Gasteiger partial charge in [-0.2, -0.15) is 0 Å². The minimum absolute atomic E-state index is 0.0585. The van der Waals surface area contributed by atoms with Crippen molar-refractivity contribution in [3.05, 3.63) is 62.5 Å². The summed E-state index contributed by atoms with van der Waals surface area (Å²) in [5, 5.41) is 15.1. The number of amidine groups is 1. The Kier molecular flexibility index (Phi) is 7.27. The Hall–Kier alpha value is -2.86. The molecule has 2 aromatic rings. The van der Waals surface area contributed by atoms with Crippen LogP contribution in [-0.4, -0.2) is 71.7 Å². The molecule has 0 amide bonds. The van der Waals surface area contributed by atoms with E-state index in [1.54, 1.807) is 29.5 Å². The van der Waals surface area contributed by atoms with E-state index in [1.165, 1.54) is 30.6 Å². The molecule has 1 fully saturated rings. The summed E-state index contributed by atoms with van der Waals surface area (Å²) in [5.41, 5.74) is 0.761. The number of ether oxygens (including phenoxy) is 2. The molecule has 1 aromatic heterocycles. The van der Waals surface area contributed by atoms with Crippen LogP contribution in [-0.2, 0) is 19.1 Å². The molecule has 0 bridgehead atoms. The summed E-state index contributed by atoms with van der Waals surface area (Å²) in [7, 11) is 1.23. The minimum atomic E-state index is -1.04. The lowest BCUT2D eigenvalue weighted by molar-refractivity contribution is -0.155. The Morgan fingerprint density at radius 2 is 2.24 bits per heavy atom. The summed E-state index contributed by atoms with van der Waals surface area (Å²) < 4.78 is 24.9. The van der Waals surface area contributed by atoms with Gasteiger partial charge in [-0.1, -0.05) is 23.7 Å². The van der Waals surface area contributed by atoms with Crippen LogP contribution >= 0.6 is 22.9 Å². The Morgan fingerprint density at radius 1 is 1.44 bits per heavy atom. The molecular formula is C22H22ClFN4O5S. The smallest absolute Gasteiger partial charge is 0.338 e. The van der Waals surface area contributed by atoms with Crippen LogP contribution in [0.3, 0.4) is 0 Å². The Labute approximate surface area is 203 Å². The lowest BCUT2D eigenvalue weighted by Crippen LogP contribution is -2.56. The van der Waals surface area contributed by atoms with Crippen LogP contribution in [0.2, 0.25) is 5.02 Å². The number of carboxylic acid groups (broad SMARTS) is 1. The van der Waals surface area contributed by atoms with Crippen LogP contribution in [0.25, 0.3) is 0 Å². The molecule has 2 aliphatic rings. The van der Waals surface area contributed by atoms with E-state index in [2.05, 4.69) is 15.3 Å². The van der Waals surface area contributed by atoms with E-state index in [4.69, 9.17) is 21.1 Å². The molecule has 1 aromatic carbocycles. The topological polar surface area (TPSA) is 113 Å². The molecular weight excluding hydrogens is 487 g/mol. The van der Waals surface area contributed by atoms with Gasteiger partial charge >= 0.3 is 11.9 Å². The third-order valence-electron chi connectivity index (χ3n) is 5.65. The molecule has 9 nitrogen and oxygen atoms in total. The molecule has 34 heavy (non-hydrogen) atoms. The van der Waals surface area contributed by atoms with E-state index in [-0.39, 0.29) is 22.7 Å². The molecule has 180 valence electrons. The predicted molar refractivity (Wildman–Crippen MR) is 123 cm³/mol. The second kappa shape index (κ2) is 10.2. The molecule has 2 N–H and O–H groups in total. The van der Waals surface area contributed by atoms with Gasteiger partial charge in [0.2, 0.25) is 0 Å². The van der Waals surface area contributed by atoms with E-state index < -0.39 is 35.9 Å². The van der Waals surface area contributed by atoms with Gasteiger partial charge in [0.15, 0.2) is 10.8 Å². The highest BCUT2D eigenvalue weighted by molar-refractivity contribution is 7.11. The fourth-order valence-corrected chi connectivity index (χ4v) is 4.91. The summed E-state index contributed by atoms with van der Waals surface area (Å²) in [5.74, 6) is -2.02. The molecule has 4 rings (SSSR count). The van der Waals surface area contributed by atoms with Crippen LogP contribution in [0.4, 0.5) is 4.39 Å². The normalized spacial score (nSPS) is 23.3. The van der Waals surface area contributed by atoms with Gasteiger partial charge in [0.05, 0.1) is 30.4 Å². The quantitative estimate of drug-likeness (QED) is 0.572. The number of hydrogen-bond acceptors (Lipinski definition) is 9. The van der Waals surface area contributed by atoms with Crippen LogP contribution in [0.5, 0.6) is 0 Å². The summed E-state index contributed by atoms with van der Waals surface area (Å²) in [6, 6.07) is 2.36. The monoisotopic (exact) mass is 508 g/mol. The van der Waals surface area contributed by atoms with Gasteiger partial charge in [0.25, 0.3) is 0 Å². The number of morpholine rings is 1. The van der Waals surface area contributed by atoms with Gasteiger partial charge in [-0.25, -0.2) is 14.2 Å². The van der Waals surface area contributed by atoms with Gasteiger partial charge in [0.1, 0.15) is 17.9 Å². The molecule has 3 heterocycles. The molecule has 12 heteroatoms. The van der Waals surface area contributed by atoms with Crippen molar-refractivity contribution in [3.8, 4) is 0 Å². The molecule has 0 radical (unpaired) electrons. The first kappa shape index (κ1) is 24.3. The van der Waals surface area contributed by atoms with Crippen molar-refractivity contribution in [1.82, 2.24) is 15.2 Å². The maximum absolute atomic E-state index is 14.3. The molecule has 0 aliphatic carbocycles. The van der Waals surface area contributed by atoms with E-state index in [9.17, 15) is 19.1 Å². The van der Waals surface area contributed by atoms with E-state index in [1.807, 2.05) is 0 Å². The average molecular weight is 509 g/mol. The Bertz CT molecular complexity index is 1160. The number of thiazole rings is 1. The zero-order valence-electron chi connectivity index (χ0n) is 18.3. The fraction of sp³-hybridized carbons (Fsp3) is 0.364. The number of nitrogens with zero attached hydrogens (tertiary/aromatic N) is 3. The Morgan fingerprint density at radius 3 is 2.91 bits per heavy atom. The van der Waals surface area contributed by atoms with Crippen molar-refractivity contribution in [2.24, 2.45) is 4.99 Å². The number of aliphatic carboxylic acids is 1. The van der Waals surface area contributed by atoms with E-state index in [0.717, 1.165) is 0 Å². The largest absolute Gasteiger partial charge is 0.480 e. The van der Waals surface area contributed by atoms with Gasteiger partial charge in [-0.05, 0) is 13.0 Å². The number of carboxylic acids is 1. The summed E-state index contributed by atoms with van der Waals surface area (Å²) >= 11 is 7.60. The van der Waals surface area contributed by atoms with Crippen LogP contribution in [0.15, 0.2) is 46.0 Å². The first-order valence-corrected chi connectivity index (χ1v) is 11.7. The number of nitrogens with one attached hydrogen (secondary N) is 1. The Balaban J connectivity index is 1.84. The molecule has 0 saturated carbocycles. The standard InChI is InChI=1S/C22H22ClFN4O5S/c1-11-18(21(29)30)28(7-8-33-11)10-14-15(22(31)32-2)17(12-4-3-5-13(24)16(12)23)27-19(26-14)20-25-6-9-34-20/h3-6,9,11,17-18H,7-8,10H2,1-2H3,(H,26,27)(H,29,30)/t11-,17?,18+/m1/s1. The van der Waals surface area contributed by atoms with Gasteiger partial charge in [-0.15, -0.1) is 11.3 Å². The van der Waals surface area contributed by atoms with Gasteiger partial charge in [0, 0.05) is 35.9 Å². The van der Waals surface area contributed by atoms with Crippen molar-refractivity contribution in [1.29, 1.82) is 0 Å². The first-order chi connectivity index (χ1) is 16.3. The van der Waals surface area contributed by atoms with Crippen molar-refractivity contribution < 1.29 is 28.6 Å². The highest BCUT2D eigenvalue weighted by atomic mass is 35.5. The van der Waals surface area contributed by atoms with Gasteiger partial charge in [-0.3, -0.25) is 14.7 Å². The number of hydrogen-bond donors (Lipinski definition) is 2.